The Hall–Kier alpha value is -3.23. The van der Waals surface area contributed by atoms with Crippen LogP contribution in [0.5, 0.6) is 0 Å². The summed E-state index contributed by atoms with van der Waals surface area (Å²) < 4.78 is 27.6. The third kappa shape index (κ3) is 2.43. The first-order valence-electron chi connectivity index (χ1n) is 9.11. The molecular weight excluding hydrogens is 388 g/mol. The van der Waals surface area contributed by atoms with Crippen molar-refractivity contribution in [1.29, 1.82) is 0 Å². The normalized spacial score (nSPS) is 19.4. The van der Waals surface area contributed by atoms with Crippen molar-refractivity contribution in [2.45, 2.75) is 11.2 Å². The molecule has 0 saturated carbocycles. The Morgan fingerprint density at radius 1 is 0.966 bits per heavy atom. The maximum absolute atomic E-state index is 13.5. The number of carbonyl (C=O) groups is 1. The zero-order valence-corrected chi connectivity index (χ0v) is 16.7. The van der Waals surface area contributed by atoms with Crippen LogP contribution in [0.25, 0.3) is 10.8 Å². The van der Waals surface area contributed by atoms with Gasteiger partial charge in [0.05, 0.1) is 4.90 Å². The summed E-state index contributed by atoms with van der Waals surface area (Å²) in [6, 6.07) is 19.8. The van der Waals surface area contributed by atoms with E-state index in [1.165, 1.54) is 9.31 Å². The number of benzene rings is 3. The number of hydrogen-bond donors (Lipinski definition) is 0. The van der Waals surface area contributed by atoms with E-state index in [1.807, 2.05) is 36.4 Å². The van der Waals surface area contributed by atoms with E-state index in [1.54, 1.807) is 49.3 Å². The molecule has 2 heterocycles. The molecule has 2 aliphatic heterocycles. The van der Waals surface area contributed by atoms with E-state index in [0.29, 0.717) is 11.1 Å². The molecule has 2 aliphatic rings. The summed E-state index contributed by atoms with van der Waals surface area (Å²) in [5, 5.41) is 7.47. The van der Waals surface area contributed by atoms with E-state index in [-0.39, 0.29) is 16.6 Å². The molecule has 0 spiro atoms. The summed E-state index contributed by atoms with van der Waals surface area (Å²) in [5.41, 5.74) is 0.985. The van der Waals surface area contributed by atoms with Crippen LogP contribution in [0, 0.1) is 0 Å². The second kappa shape index (κ2) is 6.13. The highest BCUT2D eigenvalue weighted by molar-refractivity contribution is 7.90. The zero-order valence-electron chi connectivity index (χ0n) is 15.9. The van der Waals surface area contributed by atoms with E-state index in [9.17, 15) is 13.2 Å². The SMILES string of the molecule is CN(C)[C@H]1N(C(=O)c2cccc3ccccc23)N=C2c3ccccc3S(=O)(=O)N21. The van der Waals surface area contributed by atoms with Crippen molar-refractivity contribution in [3.05, 3.63) is 77.9 Å². The lowest BCUT2D eigenvalue weighted by atomic mass is 10.0. The third-order valence-corrected chi connectivity index (χ3v) is 6.99. The smallest absolute Gasteiger partial charge is 0.270 e. The average Bonchev–Trinajstić information content (AvgIpc) is 3.23. The monoisotopic (exact) mass is 406 g/mol. The van der Waals surface area contributed by atoms with Crippen LogP contribution in [-0.4, -0.2) is 54.8 Å². The van der Waals surface area contributed by atoms with Crippen molar-refractivity contribution in [3.63, 3.8) is 0 Å². The number of amides is 1. The van der Waals surface area contributed by atoms with Crippen LogP contribution in [0.3, 0.4) is 0 Å². The molecule has 8 heteroatoms. The van der Waals surface area contributed by atoms with Gasteiger partial charge < -0.3 is 0 Å². The standard InChI is InChI=1S/C21H18N4O3S/c1-23(2)21-24(20(26)16-12-7-9-14-8-3-4-10-15(14)16)22-19-17-11-5-6-13-18(17)29(27,28)25(19)21/h3-13,21H,1-2H3/t21-/m0/s1. The summed E-state index contributed by atoms with van der Waals surface area (Å²) in [6.07, 6.45) is -0.881. The maximum atomic E-state index is 13.5. The van der Waals surface area contributed by atoms with Crippen LogP contribution < -0.4 is 0 Å². The summed E-state index contributed by atoms with van der Waals surface area (Å²) >= 11 is 0. The molecule has 29 heavy (non-hydrogen) atoms. The number of nitrogens with zero attached hydrogens (tertiary/aromatic N) is 4. The fourth-order valence-corrected chi connectivity index (χ4v) is 5.70. The van der Waals surface area contributed by atoms with Gasteiger partial charge in [0.2, 0.25) is 0 Å². The van der Waals surface area contributed by atoms with Crippen LogP contribution in [0.4, 0.5) is 0 Å². The Balaban J connectivity index is 1.68. The fourth-order valence-electron chi connectivity index (χ4n) is 3.91. The largest absolute Gasteiger partial charge is 0.277 e. The number of hydrogen-bond acceptors (Lipinski definition) is 5. The van der Waals surface area contributed by atoms with Crippen molar-refractivity contribution in [1.82, 2.24) is 14.2 Å². The molecule has 1 amide bonds. The minimum atomic E-state index is -3.80. The number of sulfonamides is 1. The van der Waals surface area contributed by atoms with Crippen molar-refractivity contribution >= 4 is 32.5 Å². The minimum Gasteiger partial charge on any atom is -0.270 e. The van der Waals surface area contributed by atoms with E-state index < -0.39 is 16.3 Å². The Bertz CT molecular complexity index is 1290. The number of hydrazone groups is 1. The number of amidine groups is 1. The lowest BCUT2D eigenvalue weighted by molar-refractivity contribution is 0.0343. The molecule has 0 saturated heterocycles. The van der Waals surface area contributed by atoms with Crippen molar-refractivity contribution in [2.75, 3.05) is 14.1 Å². The highest BCUT2D eigenvalue weighted by Gasteiger charge is 2.52. The van der Waals surface area contributed by atoms with Gasteiger partial charge in [0.1, 0.15) is 0 Å². The molecule has 7 nitrogen and oxygen atoms in total. The Morgan fingerprint density at radius 3 is 2.45 bits per heavy atom. The van der Waals surface area contributed by atoms with E-state index >= 15 is 0 Å². The molecule has 3 aromatic carbocycles. The van der Waals surface area contributed by atoms with Gasteiger partial charge in [0, 0.05) is 11.1 Å². The Kier molecular flexibility index (Phi) is 3.77. The van der Waals surface area contributed by atoms with Gasteiger partial charge in [-0.05, 0) is 43.1 Å². The lowest BCUT2D eigenvalue weighted by Gasteiger charge is -2.32. The van der Waals surface area contributed by atoms with Gasteiger partial charge in [-0.3, -0.25) is 9.69 Å². The molecule has 146 valence electrons. The predicted octanol–water partition coefficient (Wildman–Crippen LogP) is 2.51. The van der Waals surface area contributed by atoms with Gasteiger partial charge in [-0.2, -0.15) is 5.01 Å². The van der Waals surface area contributed by atoms with Gasteiger partial charge >= 0.3 is 0 Å². The molecule has 1 atom stereocenters. The van der Waals surface area contributed by atoms with Crippen molar-refractivity contribution in [2.24, 2.45) is 5.10 Å². The predicted molar refractivity (Wildman–Crippen MR) is 110 cm³/mol. The topological polar surface area (TPSA) is 73.3 Å². The van der Waals surface area contributed by atoms with Gasteiger partial charge in [0.15, 0.2) is 12.1 Å². The summed E-state index contributed by atoms with van der Waals surface area (Å²) in [4.78, 5) is 15.4. The first kappa shape index (κ1) is 17.8. The second-order valence-corrected chi connectivity index (χ2v) is 8.99. The lowest BCUT2D eigenvalue weighted by Crippen LogP contribution is -2.53. The third-order valence-electron chi connectivity index (χ3n) is 5.19. The molecule has 0 N–H and O–H groups in total. The van der Waals surface area contributed by atoms with Crippen molar-refractivity contribution < 1.29 is 13.2 Å². The van der Waals surface area contributed by atoms with Gasteiger partial charge in [-0.15, -0.1) is 5.10 Å². The van der Waals surface area contributed by atoms with Gasteiger partial charge in [-0.25, -0.2) is 12.7 Å². The van der Waals surface area contributed by atoms with Crippen LogP contribution in [0.2, 0.25) is 0 Å². The molecule has 0 aromatic heterocycles. The highest BCUT2D eigenvalue weighted by Crippen LogP contribution is 2.38. The maximum Gasteiger partial charge on any atom is 0.277 e. The zero-order chi connectivity index (χ0) is 20.3. The molecular formula is C21H18N4O3S. The average molecular weight is 406 g/mol. The van der Waals surface area contributed by atoms with Crippen LogP contribution in [-0.2, 0) is 10.0 Å². The van der Waals surface area contributed by atoms with E-state index in [0.717, 1.165) is 10.8 Å². The molecule has 3 aromatic rings. The number of rotatable bonds is 2. The fraction of sp³-hybridized carbons (Fsp3) is 0.143. The summed E-state index contributed by atoms with van der Waals surface area (Å²) in [7, 11) is -0.347. The molecule has 0 fully saturated rings. The molecule has 0 aliphatic carbocycles. The second-order valence-electron chi connectivity index (χ2n) is 7.21. The first-order chi connectivity index (χ1) is 13.9. The van der Waals surface area contributed by atoms with Crippen LogP contribution in [0.15, 0.2) is 76.7 Å². The summed E-state index contributed by atoms with van der Waals surface area (Å²) in [5.74, 6) is -0.0806. The molecule has 0 bridgehead atoms. The Morgan fingerprint density at radius 2 is 1.66 bits per heavy atom. The quantitative estimate of drug-likeness (QED) is 0.656. The Labute approximate surface area is 168 Å². The van der Waals surface area contributed by atoms with Crippen LogP contribution >= 0.6 is 0 Å². The highest BCUT2D eigenvalue weighted by atomic mass is 32.2. The summed E-state index contributed by atoms with van der Waals surface area (Å²) in [6.45, 7) is 0. The minimum absolute atomic E-state index is 0.211. The molecule has 0 unspecified atom stereocenters. The number of fused-ring (bicyclic) bond motifs is 4. The first-order valence-corrected chi connectivity index (χ1v) is 10.6. The van der Waals surface area contributed by atoms with E-state index in [4.69, 9.17) is 0 Å². The van der Waals surface area contributed by atoms with Gasteiger partial charge in [-0.1, -0.05) is 48.5 Å². The number of carbonyl (C=O) groups excluding carboxylic acids is 1. The van der Waals surface area contributed by atoms with Crippen molar-refractivity contribution in [3.8, 4) is 0 Å². The van der Waals surface area contributed by atoms with Crippen LogP contribution in [0.1, 0.15) is 15.9 Å². The van der Waals surface area contributed by atoms with Gasteiger partial charge in [0.25, 0.3) is 15.9 Å². The van der Waals surface area contributed by atoms with E-state index in [2.05, 4.69) is 5.10 Å². The molecule has 5 rings (SSSR count). The molecule has 0 radical (unpaired) electrons.